The fourth-order valence-corrected chi connectivity index (χ4v) is 3.85. The molecule has 182 valence electrons. The predicted molar refractivity (Wildman–Crippen MR) is 129 cm³/mol. The lowest BCUT2D eigenvalue weighted by molar-refractivity contribution is -0.139. The van der Waals surface area contributed by atoms with E-state index >= 15 is 0 Å². The van der Waals surface area contributed by atoms with Crippen molar-refractivity contribution in [1.29, 1.82) is 0 Å². The van der Waals surface area contributed by atoms with Gasteiger partial charge in [-0.15, -0.1) is 0 Å². The van der Waals surface area contributed by atoms with Crippen molar-refractivity contribution < 1.29 is 18.7 Å². The number of ether oxygens (including phenoxy) is 1. The number of nitrogens with zero attached hydrogens (tertiary/aromatic N) is 5. The van der Waals surface area contributed by atoms with Gasteiger partial charge in [-0.25, -0.2) is 19.2 Å². The highest BCUT2D eigenvalue weighted by molar-refractivity contribution is 5.89. The van der Waals surface area contributed by atoms with Crippen molar-refractivity contribution in [3.05, 3.63) is 59.7 Å². The van der Waals surface area contributed by atoms with E-state index in [-0.39, 0.29) is 11.7 Å². The molecule has 9 heteroatoms. The standard InChI is InChI=1S/C25H32FN5O3/c1-5-29(4)23(33)25(3,12-11-19-7-9-21(26)10-8-19)31-15-13-30(14-16-31)24-27-17-20(18-28-24)22(32)34-6-2/h7-12,17-18H,5-6,13-16H2,1-4H3/b12-11+. The van der Waals surface area contributed by atoms with Gasteiger partial charge in [0.15, 0.2) is 0 Å². The Labute approximate surface area is 200 Å². The van der Waals surface area contributed by atoms with E-state index in [9.17, 15) is 14.0 Å². The zero-order chi connectivity index (χ0) is 24.7. The van der Waals surface area contributed by atoms with E-state index in [4.69, 9.17) is 4.74 Å². The summed E-state index contributed by atoms with van der Waals surface area (Å²) in [6, 6.07) is 6.19. The fourth-order valence-electron chi connectivity index (χ4n) is 3.85. The monoisotopic (exact) mass is 469 g/mol. The molecule has 1 aromatic heterocycles. The lowest BCUT2D eigenvalue weighted by Gasteiger charge is -2.44. The topological polar surface area (TPSA) is 78.9 Å². The van der Waals surface area contributed by atoms with Crippen molar-refractivity contribution in [2.75, 3.05) is 51.3 Å². The predicted octanol–water partition coefficient (Wildman–Crippen LogP) is 2.86. The Hall–Kier alpha value is -3.33. The Morgan fingerprint density at radius 1 is 1.12 bits per heavy atom. The summed E-state index contributed by atoms with van der Waals surface area (Å²) in [6.45, 7) is 9.00. The molecule has 1 aliphatic heterocycles. The molecule has 0 bridgehead atoms. The van der Waals surface area contributed by atoms with Gasteiger partial charge in [0, 0.05) is 52.2 Å². The van der Waals surface area contributed by atoms with Gasteiger partial charge in [-0.3, -0.25) is 9.69 Å². The lowest BCUT2D eigenvalue weighted by atomic mass is 9.94. The maximum Gasteiger partial charge on any atom is 0.341 e. The quantitative estimate of drug-likeness (QED) is 0.550. The van der Waals surface area contributed by atoms with Gasteiger partial charge >= 0.3 is 5.97 Å². The first-order chi connectivity index (χ1) is 16.3. The molecular weight excluding hydrogens is 437 g/mol. The molecule has 0 saturated carbocycles. The molecule has 1 saturated heterocycles. The number of esters is 1. The number of rotatable bonds is 8. The number of carbonyl (C=O) groups excluding carboxylic acids is 2. The van der Waals surface area contributed by atoms with Crippen molar-refractivity contribution in [1.82, 2.24) is 19.8 Å². The largest absolute Gasteiger partial charge is 0.462 e. The Balaban J connectivity index is 1.74. The number of hydrogen-bond acceptors (Lipinski definition) is 7. The molecule has 0 spiro atoms. The summed E-state index contributed by atoms with van der Waals surface area (Å²) < 4.78 is 18.2. The second kappa shape index (κ2) is 11.2. The zero-order valence-electron chi connectivity index (χ0n) is 20.2. The van der Waals surface area contributed by atoms with Crippen LogP contribution in [0.25, 0.3) is 6.08 Å². The Morgan fingerprint density at radius 2 is 1.74 bits per heavy atom. The highest BCUT2D eigenvalue weighted by Crippen LogP contribution is 2.24. The van der Waals surface area contributed by atoms with E-state index in [1.165, 1.54) is 24.5 Å². The summed E-state index contributed by atoms with van der Waals surface area (Å²) in [5.41, 5.74) is 0.282. The van der Waals surface area contributed by atoms with Crippen LogP contribution in [0.4, 0.5) is 10.3 Å². The summed E-state index contributed by atoms with van der Waals surface area (Å²) >= 11 is 0. The number of halogens is 1. The molecule has 0 radical (unpaired) electrons. The van der Waals surface area contributed by atoms with Gasteiger partial charge in [0.2, 0.25) is 11.9 Å². The minimum Gasteiger partial charge on any atom is -0.462 e. The van der Waals surface area contributed by atoms with Crippen LogP contribution in [0.1, 0.15) is 36.7 Å². The van der Waals surface area contributed by atoms with Crippen LogP contribution < -0.4 is 4.90 Å². The first-order valence-corrected chi connectivity index (χ1v) is 11.5. The molecule has 0 aliphatic carbocycles. The molecule has 1 atom stereocenters. The van der Waals surface area contributed by atoms with Gasteiger partial charge in [0.25, 0.3) is 0 Å². The fraction of sp³-hybridized carbons (Fsp3) is 0.440. The number of likely N-dealkylation sites (N-methyl/N-ethyl adjacent to an activating group) is 1. The summed E-state index contributed by atoms with van der Waals surface area (Å²) in [7, 11) is 1.79. The third-order valence-electron chi connectivity index (χ3n) is 6.09. The third kappa shape index (κ3) is 5.77. The van der Waals surface area contributed by atoms with Gasteiger partial charge in [-0.05, 0) is 38.5 Å². The summed E-state index contributed by atoms with van der Waals surface area (Å²) in [4.78, 5) is 39.7. The average molecular weight is 470 g/mol. The zero-order valence-corrected chi connectivity index (χ0v) is 20.2. The number of carbonyl (C=O) groups is 2. The number of hydrogen-bond donors (Lipinski definition) is 0. The van der Waals surface area contributed by atoms with Crippen molar-refractivity contribution in [3.8, 4) is 0 Å². The molecular formula is C25H32FN5O3. The molecule has 2 aromatic rings. The van der Waals surface area contributed by atoms with Crippen LogP contribution in [0.2, 0.25) is 0 Å². The number of benzene rings is 1. The maximum absolute atomic E-state index is 13.4. The lowest BCUT2D eigenvalue weighted by Crippen LogP contribution is -2.61. The Morgan fingerprint density at radius 3 is 2.29 bits per heavy atom. The van der Waals surface area contributed by atoms with Gasteiger partial charge in [-0.2, -0.15) is 0 Å². The third-order valence-corrected chi connectivity index (χ3v) is 6.09. The molecule has 3 rings (SSSR count). The Kier molecular flexibility index (Phi) is 8.33. The summed E-state index contributed by atoms with van der Waals surface area (Å²) in [5, 5.41) is 0. The average Bonchev–Trinajstić information content (AvgIpc) is 2.87. The highest BCUT2D eigenvalue weighted by Gasteiger charge is 2.40. The van der Waals surface area contributed by atoms with Crippen LogP contribution in [-0.4, -0.2) is 83.6 Å². The molecule has 1 unspecified atom stereocenters. The molecule has 1 amide bonds. The first kappa shape index (κ1) is 25.3. The van der Waals surface area contributed by atoms with Crippen LogP contribution >= 0.6 is 0 Å². The number of anilines is 1. The molecule has 2 heterocycles. The van der Waals surface area contributed by atoms with Crippen LogP contribution in [0.15, 0.2) is 42.7 Å². The molecule has 0 N–H and O–H groups in total. The van der Waals surface area contributed by atoms with Crippen molar-refractivity contribution in [3.63, 3.8) is 0 Å². The number of piperazine rings is 1. The second-order valence-corrected chi connectivity index (χ2v) is 8.32. The van der Waals surface area contributed by atoms with E-state index in [1.54, 1.807) is 31.0 Å². The van der Waals surface area contributed by atoms with Crippen LogP contribution in [0.3, 0.4) is 0 Å². The van der Waals surface area contributed by atoms with Crippen molar-refractivity contribution in [2.45, 2.75) is 26.3 Å². The van der Waals surface area contributed by atoms with E-state index in [0.717, 1.165) is 5.56 Å². The second-order valence-electron chi connectivity index (χ2n) is 8.32. The highest BCUT2D eigenvalue weighted by atomic mass is 19.1. The van der Waals surface area contributed by atoms with Crippen LogP contribution in [0, 0.1) is 5.82 Å². The van der Waals surface area contributed by atoms with Crippen molar-refractivity contribution in [2.24, 2.45) is 0 Å². The Bertz CT molecular complexity index is 1000. The minimum absolute atomic E-state index is 0.00292. The van der Waals surface area contributed by atoms with E-state index in [2.05, 4.69) is 14.9 Å². The molecule has 1 aromatic carbocycles. The first-order valence-electron chi connectivity index (χ1n) is 11.5. The molecule has 1 fully saturated rings. The van der Waals surface area contributed by atoms with Gasteiger partial charge in [0.05, 0.1) is 12.2 Å². The van der Waals surface area contributed by atoms with E-state index < -0.39 is 11.5 Å². The number of aromatic nitrogens is 2. The van der Waals surface area contributed by atoms with E-state index in [0.29, 0.717) is 50.8 Å². The summed E-state index contributed by atoms with van der Waals surface area (Å²) in [5.74, 6) is -0.207. The van der Waals surface area contributed by atoms with Gasteiger partial charge in [-0.1, -0.05) is 24.3 Å². The normalized spacial score (nSPS) is 16.3. The smallest absolute Gasteiger partial charge is 0.341 e. The van der Waals surface area contributed by atoms with Crippen molar-refractivity contribution >= 4 is 23.9 Å². The molecule has 8 nitrogen and oxygen atoms in total. The minimum atomic E-state index is -0.861. The van der Waals surface area contributed by atoms with Gasteiger partial charge in [0.1, 0.15) is 11.4 Å². The molecule has 34 heavy (non-hydrogen) atoms. The van der Waals surface area contributed by atoms with Gasteiger partial charge < -0.3 is 14.5 Å². The van der Waals surface area contributed by atoms with E-state index in [1.807, 2.05) is 30.9 Å². The SMILES string of the molecule is CCOC(=O)c1cnc(N2CCN(C(C)(/C=C/c3ccc(F)cc3)C(=O)N(C)CC)CC2)nc1. The molecule has 1 aliphatic rings. The summed E-state index contributed by atoms with van der Waals surface area (Å²) in [6.07, 6.45) is 6.71. The maximum atomic E-state index is 13.4. The van der Waals surface area contributed by atoms with Crippen LogP contribution in [0.5, 0.6) is 0 Å². The number of amides is 1. The van der Waals surface area contributed by atoms with Crippen LogP contribution in [-0.2, 0) is 9.53 Å².